The zero-order valence-corrected chi connectivity index (χ0v) is 13.4. The number of amides is 1. The number of hydrogen-bond acceptors (Lipinski definition) is 5. The third kappa shape index (κ3) is 5.32. The van der Waals surface area contributed by atoms with Crippen molar-refractivity contribution < 1.29 is 4.79 Å². The normalized spacial score (nSPS) is 12.3. The number of nitrogens with zero attached hydrogens (tertiary/aromatic N) is 2. The Kier molecular flexibility index (Phi) is 7.11. The van der Waals surface area contributed by atoms with Crippen LogP contribution in [0.3, 0.4) is 0 Å². The third-order valence-electron chi connectivity index (χ3n) is 3.74. The fraction of sp³-hybridized carbons (Fsp3) is 0.600. The van der Waals surface area contributed by atoms with Gasteiger partial charge in [-0.25, -0.2) is 10.8 Å². The molecule has 6 nitrogen and oxygen atoms in total. The fourth-order valence-electron chi connectivity index (χ4n) is 1.95. The van der Waals surface area contributed by atoms with Crippen molar-refractivity contribution in [1.29, 1.82) is 0 Å². The summed E-state index contributed by atoms with van der Waals surface area (Å²) in [5.41, 5.74) is 3.92. The largest absolute Gasteiger partial charge is 0.351 e. The number of hydrogen-bond donors (Lipinski definition) is 3. The van der Waals surface area contributed by atoms with Gasteiger partial charge in [0.25, 0.3) is 5.91 Å². The molecule has 0 aliphatic heterocycles. The molecule has 1 aromatic heterocycles. The Balaban J connectivity index is 2.59. The molecule has 0 saturated carbocycles. The number of nitrogen functional groups attached to an aromatic ring is 1. The van der Waals surface area contributed by atoms with Crippen LogP contribution < -0.4 is 16.6 Å². The van der Waals surface area contributed by atoms with E-state index in [2.05, 4.69) is 41.5 Å². The van der Waals surface area contributed by atoms with Crippen molar-refractivity contribution in [3.8, 4) is 0 Å². The van der Waals surface area contributed by atoms with Gasteiger partial charge < -0.3 is 15.6 Å². The van der Waals surface area contributed by atoms with Gasteiger partial charge in [-0.1, -0.05) is 13.8 Å². The van der Waals surface area contributed by atoms with Crippen molar-refractivity contribution in [3.63, 3.8) is 0 Å². The van der Waals surface area contributed by atoms with Gasteiger partial charge in [0, 0.05) is 30.4 Å². The summed E-state index contributed by atoms with van der Waals surface area (Å²) < 4.78 is 0. The molecule has 0 bridgehead atoms. The number of aryl methyl sites for hydroxylation is 1. The second kappa shape index (κ2) is 8.59. The van der Waals surface area contributed by atoms with Crippen LogP contribution in [0.2, 0.25) is 0 Å². The van der Waals surface area contributed by atoms with E-state index < -0.39 is 0 Å². The van der Waals surface area contributed by atoms with E-state index in [9.17, 15) is 4.79 Å². The van der Waals surface area contributed by atoms with E-state index >= 15 is 0 Å². The minimum Gasteiger partial charge on any atom is -0.351 e. The van der Waals surface area contributed by atoms with Crippen LogP contribution in [0.25, 0.3) is 0 Å². The van der Waals surface area contributed by atoms with Crippen molar-refractivity contribution in [1.82, 2.24) is 15.2 Å². The molecule has 0 fully saturated rings. The minimum atomic E-state index is -0.0962. The van der Waals surface area contributed by atoms with Gasteiger partial charge in [0.2, 0.25) is 0 Å². The molecule has 0 spiro atoms. The maximum Gasteiger partial charge on any atom is 0.251 e. The fourth-order valence-corrected chi connectivity index (χ4v) is 1.95. The minimum absolute atomic E-state index is 0.0962. The second-order valence-corrected chi connectivity index (χ2v) is 5.22. The maximum absolute atomic E-state index is 12.2. The van der Waals surface area contributed by atoms with Crippen molar-refractivity contribution in [3.05, 3.63) is 23.4 Å². The highest BCUT2D eigenvalue weighted by molar-refractivity contribution is 5.95. The number of nitrogens with one attached hydrogen (secondary N) is 2. The smallest absolute Gasteiger partial charge is 0.251 e. The first-order valence-corrected chi connectivity index (χ1v) is 7.47. The van der Waals surface area contributed by atoms with Gasteiger partial charge in [-0.05, 0) is 38.9 Å². The number of likely N-dealkylation sites (N-methyl/N-ethyl adjacent to an activating group) is 1. The number of anilines is 1. The number of pyridine rings is 1. The molecule has 1 aromatic rings. The lowest BCUT2D eigenvalue weighted by molar-refractivity contribution is 0.0947. The van der Waals surface area contributed by atoms with Gasteiger partial charge >= 0.3 is 0 Å². The van der Waals surface area contributed by atoms with Crippen molar-refractivity contribution in [2.75, 3.05) is 25.6 Å². The SMILES string of the molecule is CCc1cc(C(=O)NCCN(C)C(C)CC)cc(NN)n1. The maximum atomic E-state index is 12.2. The molecule has 6 heteroatoms. The molecule has 118 valence electrons. The van der Waals surface area contributed by atoms with Crippen molar-refractivity contribution >= 4 is 11.7 Å². The van der Waals surface area contributed by atoms with E-state index in [1.165, 1.54) is 0 Å². The Morgan fingerprint density at radius 2 is 2.14 bits per heavy atom. The summed E-state index contributed by atoms with van der Waals surface area (Å²) >= 11 is 0. The average Bonchev–Trinajstić information content (AvgIpc) is 2.52. The molecule has 0 radical (unpaired) electrons. The lowest BCUT2D eigenvalue weighted by Gasteiger charge is -2.23. The van der Waals surface area contributed by atoms with Gasteiger partial charge in [-0.2, -0.15) is 0 Å². The van der Waals surface area contributed by atoms with Gasteiger partial charge in [-0.15, -0.1) is 0 Å². The summed E-state index contributed by atoms with van der Waals surface area (Å²) in [6, 6.07) is 3.98. The zero-order chi connectivity index (χ0) is 15.8. The molecule has 1 amide bonds. The molecule has 21 heavy (non-hydrogen) atoms. The van der Waals surface area contributed by atoms with E-state index in [0.29, 0.717) is 24.0 Å². The zero-order valence-electron chi connectivity index (χ0n) is 13.4. The molecule has 4 N–H and O–H groups in total. The van der Waals surface area contributed by atoms with Crippen LogP contribution >= 0.6 is 0 Å². The van der Waals surface area contributed by atoms with Gasteiger partial charge in [-0.3, -0.25) is 4.79 Å². The number of aromatic nitrogens is 1. The topological polar surface area (TPSA) is 83.3 Å². The third-order valence-corrected chi connectivity index (χ3v) is 3.74. The predicted octanol–water partition coefficient (Wildman–Crippen LogP) is 1.39. The monoisotopic (exact) mass is 293 g/mol. The number of rotatable bonds is 8. The van der Waals surface area contributed by atoms with Gasteiger partial charge in [0.05, 0.1) is 0 Å². The highest BCUT2D eigenvalue weighted by Crippen LogP contribution is 2.10. The Bertz CT molecular complexity index is 441. The van der Waals surface area contributed by atoms with Crippen LogP contribution in [-0.4, -0.2) is 42.0 Å². The summed E-state index contributed by atoms with van der Waals surface area (Å²) in [6.45, 7) is 7.77. The number of carbonyl (C=O) groups is 1. The standard InChI is InChI=1S/C15H27N5O/c1-5-11(3)20(4)8-7-17-15(21)12-9-13(6-2)18-14(10-12)19-16/h9-11H,5-8,16H2,1-4H3,(H,17,21)(H,18,19). The summed E-state index contributed by atoms with van der Waals surface area (Å²) in [5.74, 6) is 5.79. The van der Waals surface area contributed by atoms with Crippen molar-refractivity contribution in [2.24, 2.45) is 5.84 Å². The molecule has 0 saturated heterocycles. The summed E-state index contributed by atoms with van der Waals surface area (Å²) in [7, 11) is 2.07. The molecule has 0 aliphatic carbocycles. The lowest BCUT2D eigenvalue weighted by Crippen LogP contribution is -2.37. The first kappa shape index (κ1) is 17.4. The van der Waals surface area contributed by atoms with E-state index in [-0.39, 0.29) is 5.91 Å². The Hall–Kier alpha value is -1.66. The first-order valence-electron chi connectivity index (χ1n) is 7.47. The molecule has 1 unspecified atom stereocenters. The van der Waals surface area contributed by atoms with Crippen LogP contribution in [-0.2, 0) is 6.42 Å². The second-order valence-electron chi connectivity index (χ2n) is 5.22. The van der Waals surface area contributed by atoms with Crippen LogP contribution in [0.4, 0.5) is 5.82 Å². The quantitative estimate of drug-likeness (QED) is 0.498. The highest BCUT2D eigenvalue weighted by atomic mass is 16.1. The van der Waals surface area contributed by atoms with Crippen LogP contribution in [0.1, 0.15) is 43.2 Å². The lowest BCUT2D eigenvalue weighted by atomic mass is 10.2. The number of hydrazine groups is 1. The van der Waals surface area contributed by atoms with Crippen molar-refractivity contribution in [2.45, 2.75) is 39.7 Å². The summed E-state index contributed by atoms with van der Waals surface area (Å²) in [6.07, 6.45) is 1.85. The van der Waals surface area contributed by atoms with Gasteiger partial charge in [0.15, 0.2) is 0 Å². The Morgan fingerprint density at radius 3 is 2.71 bits per heavy atom. The molecule has 1 atom stereocenters. The molecule has 1 rings (SSSR count). The summed E-state index contributed by atoms with van der Waals surface area (Å²) in [4.78, 5) is 18.7. The molecular weight excluding hydrogens is 266 g/mol. The van der Waals surface area contributed by atoms with Crippen LogP contribution in [0.15, 0.2) is 12.1 Å². The molecule has 0 aliphatic rings. The Morgan fingerprint density at radius 1 is 1.43 bits per heavy atom. The highest BCUT2D eigenvalue weighted by Gasteiger charge is 2.10. The van der Waals surface area contributed by atoms with E-state index in [1.54, 1.807) is 12.1 Å². The Labute approximate surface area is 127 Å². The van der Waals surface area contributed by atoms with Crippen LogP contribution in [0, 0.1) is 0 Å². The van der Waals surface area contributed by atoms with Gasteiger partial charge in [0.1, 0.15) is 5.82 Å². The number of carbonyl (C=O) groups excluding carboxylic acids is 1. The van der Waals surface area contributed by atoms with Crippen LogP contribution in [0.5, 0.6) is 0 Å². The molecule has 0 aromatic carbocycles. The average molecular weight is 293 g/mol. The summed E-state index contributed by atoms with van der Waals surface area (Å²) in [5, 5.41) is 2.93. The number of nitrogens with two attached hydrogens (primary N) is 1. The molecule has 1 heterocycles. The van der Waals surface area contributed by atoms with E-state index in [1.807, 2.05) is 6.92 Å². The van der Waals surface area contributed by atoms with E-state index in [0.717, 1.165) is 25.1 Å². The predicted molar refractivity (Wildman–Crippen MR) is 86.1 cm³/mol. The molecular formula is C15H27N5O. The van der Waals surface area contributed by atoms with E-state index in [4.69, 9.17) is 5.84 Å². The first-order chi connectivity index (χ1) is 10.0.